The minimum absolute atomic E-state index is 0.0548. The zero-order valence-electron chi connectivity index (χ0n) is 10.2. The van der Waals surface area contributed by atoms with Gasteiger partial charge in [0.15, 0.2) is 0 Å². The van der Waals surface area contributed by atoms with Crippen molar-refractivity contribution in [3.63, 3.8) is 0 Å². The highest BCUT2D eigenvalue weighted by Gasteiger charge is 2.30. The monoisotopic (exact) mass is 277 g/mol. The number of hydrogen-bond donors (Lipinski definition) is 1. The van der Waals surface area contributed by atoms with Crippen molar-refractivity contribution in [2.24, 2.45) is 5.73 Å². The van der Waals surface area contributed by atoms with Crippen LogP contribution in [0.15, 0.2) is 24.3 Å². The summed E-state index contributed by atoms with van der Waals surface area (Å²) in [6.07, 6.45) is -5.51. The maximum atomic E-state index is 12.5. The van der Waals surface area contributed by atoms with Gasteiger partial charge in [0.2, 0.25) is 0 Å². The lowest BCUT2D eigenvalue weighted by molar-refractivity contribution is -0.137. The van der Waals surface area contributed by atoms with Gasteiger partial charge in [0.05, 0.1) is 5.56 Å². The molecule has 0 heterocycles. The van der Waals surface area contributed by atoms with E-state index in [0.717, 1.165) is 12.1 Å². The van der Waals surface area contributed by atoms with Gasteiger partial charge >= 0.3 is 12.3 Å². The summed E-state index contributed by atoms with van der Waals surface area (Å²) in [7, 11) is 0. The van der Waals surface area contributed by atoms with Crippen LogP contribution in [0, 0.1) is 0 Å². The number of benzene rings is 1. The van der Waals surface area contributed by atoms with E-state index in [1.165, 1.54) is 12.1 Å². The number of hydrogen-bond acceptors (Lipinski definition) is 3. The molecular formula is C12H14F3NO3. The molecule has 7 heteroatoms. The van der Waals surface area contributed by atoms with E-state index in [4.69, 9.17) is 15.2 Å². The van der Waals surface area contributed by atoms with Gasteiger partial charge in [-0.15, -0.1) is 0 Å². The van der Waals surface area contributed by atoms with Gasteiger partial charge in [-0.05, 0) is 24.6 Å². The van der Waals surface area contributed by atoms with Crippen LogP contribution in [0.3, 0.4) is 0 Å². The predicted molar refractivity (Wildman–Crippen MR) is 61.7 cm³/mol. The normalized spacial score (nSPS) is 12.8. The van der Waals surface area contributed by atoms with Crippen molar-refractivity contribution in [3.8, 4) is 5.75 Å². The lowest BCUT2D eigenvalue weighted by Gasteiger charge is -2.16. The lowest BCUT2D eigenvalue weighted by Crippen LogP contribution is -2.27. The van der Waals surface area contributed by atoms with E-state index < -0.39 is 23.9 Å². The summed E-state index contributed by atoms with van der Waals surface area (Å²) < 4.78 is 47.3. The van der Waals surface area contributed by atoms with Gasteiger partial charge in [-0.25, -0.2) is 4.79 Å². The van der Waals surface area contributed by atoms with Crippen molar-refractivity contribution in [2.45, 2.75) is 25.6 Å². The highest BCUT2D eigenvalue weighted by molar-refractivity contribution is 5.64. The molecule has 106 valence electrons. The average Bonchev–Trinajstić information content (AvgIpc) is 2.33. The van der Waals surface area contributed by atoms with Crippen molar-refractivity contribution >= 4 is 6.09 Å². The van der Waals surface area contributed by atoms with Gasteiger partial charge in [0, 0.05) is 0 Å². The van der Waals surface area contributed by atoms with Crippen LogP contribution in [0.2, 0.25) is 0 Å². The Morgan fingerprint density at radius 3 is 2.63 bits per heavy atom. The Hall–Kier alpha value is -1.92. The third-order valence-corrected chi connectivity index (χ3v) is 2.34. The van der Waals surface area contributed by atoms with Crippen LogP contribution in [-0.2, 0) is 10.9 Å². The van der Waals surface area contributed by atoms with E-state index in [1.807, 2.05) is 0 Å². The third-order valence-electron chi connectivity index (χ3n) is 2.34. The summed E-state index contributed by atoms with van der Waals surface area (Å²) in [5.74, 6) is 0.0568. The fourth-order valence-corrected chi connectivity index (χ4v) is 1.35. The standard InChI is InChI=1S/C12H14F3NO3/c1-2-9(19-11(16)17)7-18-10-5-3-4-8(6-10)12(13,14)15/h3-6,9H,2,7H2,1H3,(H2,16,17). The first kappa shape index (κ1) is 15.1. The van der Waals surface area contributed by atoms with Crippen LogP contribution in [0.5, 0.6) is 5.75 Å². The number of primary amides is 1. The summed E-state index contributed by atoms with van der Waals surface area (Å²) in [4.78, 5) is 10.6. The number of carbonyl (C=O) groups is 1. The smallest absolute Gasteiger partial charge is 0.416 e. The largest absolute Gasteiger partial charge is 0.490 e. The van der Waals surface area contributed by atoms with Crippen LogP contribution < -0.4 is 10.5 Å². The first-order valence-corrected chi connectivity index (χ1v) is 5.59. The van der Waals surface area contributed by atoms with E-state index in [1.54, 1.807) is 6.92 Å². The van der Waals surface area contributed by atoms with Gasteiger partial charge < -0.3 is 15.2 Å². The highest BCUT2D eigenvalue weighted by Crippen LogP contribution is 2.31. The Balaban J connectivity index is 2.65. The molecule has 0 spiro atoms. The molecule has 1 atom stereocenters. The highest BCUT2D eigenvalue weighted by atomic mass is 19.4. The molecule has 1 rings (SSSR count). The zero-order chi connectivity index (χ0) is 14.5. The average molecular weight is 277 g/mol. The Labute approximate surface area is 108 Å². The van der Waals surface area contributed by atoms with Gasteiger partial charge in [0.25, 0.3) is 0 Å². The molecule has 0 saturated heterocycles. The molecule has 0 fully saturated rings. The minimum Gasteiger partial charge on any atom is -0.490 e. The molecule has 0 aliphatic rings. The van der Waals surface area contributed by atoms with Crippen molar-refractivity contribution < 1.29 is 27.4 Å². The second-order valence-electron chi connectivity index (χ2n) is 3.80. The molecule has 0 aliphatic heterocycles. The Bertz CT molecular complexity index is 434. The SMILES string of the molecule is CCC(COc1cccc(C(F)(F)F)c1)OC(N)=O. The number of halogens is 3. The van der Waals surface area contributed by atoms with Crippen LogP contribution in [-0.4, -0.2) is 18.8 Å². The second-order valence-corrected chi connectivity index (χ2v) is 3.80. The van der Waals surface area contributed by atoms with E-state index in [0.29, 0.717) is 6.42 Å². The van der Waals surface area contributed by atoms with Crippen LogP contribution >= 0.6 is 0 Å². The molecule has 4 nitrogen and oxygen atoms in total. The molecule has 0 bridgehead atoms. The number of rotatable bonds is 5. The summed E-state index contributed by atoms with van der Waals surface area (Å²) in [5.41, 5.74) is 4.06. The van der Waals surface area contributed by atoms with Gasteiger partial charge in [-0.3, -0.25) is 0 Å². The number of nitrogens with two attached hydrogens (primary N) is 1. The summed E-state index contributed by atoms with van der Waals surface area (Å²) in [6.45, 7) is 1.68. The molecule has 1 aromatic carbocycles. The first-order chi connectivity index (χ1) is 8.82. The second kappa shape index (κ2) is 6.31. The fraction of sp³-hybridized carbons (Fsp3) is 0.417. The Morgan fingerprint density at radius 2 is 2.11 bits per heavy atom. The maximum absolute atomic E-state index is 12.5. The van der Waals surface area contributed by atoms with Crippen molar-refractivity contribution in [1.29, 1.82) is 0 Å². The fourth-order valence-electron chi connectivity index (χ4n) is 1.35. The molecule has 1 unspecified atom stereocenters. The van der Waals surface area contributed by atoms with Gasteiger partial charge in [-0.2, -0.15) is 13.2 Å². The van der Waals surface area contributed by atoms with Crippen molar-refractivity contribution in [3.05, 3.63) is 29.8 Å². The molecule has 0 radical (unpaired) electrons. The predicted octanol–water partition coefficient (Wildman–Crippen LogP) is 2.96. The van der Waals surface area contributed by atoms with Crippen LogP contribution in [0.1, 0.15) is 18.9 Å². The van der Waals surface area contributed by atoms with Crippen LogP contribution in [0.4, 0.5) is 18.0 Å². The third kappa shape index (κ3) is 5.07. The molecule has 19 heavy (non-hydrogen) atoms. The van der Waals surface area contributed by atoms with Crippen molar-refractivity contribution in [2.75, 3.05) is 6.61 Å². The molecule has 0 saturated carbocycles. The van der Waals surface area contributed by atoms with Crippen LogP contribution in [0.25, 0.3) is 0 Å². The molecule has 1 aromatic rings. The quantitative estimate of drug-likeness (QED) is 0.900. The summed E-state index contributed by atoms with van der Waals surface area (Å²) in [5, 5.41) is 0. The zero-order valence-corrected chi connectivity index (χ0v) is 10.2. The Morgan fingerprint density at radius 1 is 1.42 bits per heavy atom. The first-order valence-electron chi connectivity index (χ1n) is 5.59. The van der Waals surface area contributed by atoms with E-state index in [-0.39, 0.29) is 12.4 Å². The number of alkyl halides is 3. The maximum Gasteiger partial charge on any atom is 0.416 e. The summed E-state index contributed by atoms with van der Waals surface area (Å²) in [6, 6.07) is 4.47. The van der Waals surface area contributed by atoms with Gasteiger partial charge in [-0.1, -0.05) is 13.0 Å². The number of ether oxygens (including phenoxy) is 2. The topological polar surface area (TPSA) is 61.6 Å². The molecule has 2 N–H and O–H groups in total. The van der Waals surface area contributed by atoms with E-state index in [9.17, 15) is 18.0 Å². The van der Waals surface area contributed by atoms with E-state index >= 15 is 0 Å². The van der Waals surface area contributed by atoms with Gasteiger partial charge in [0.1, 0.15) is 18.5 Å². The molecule has 0 aromatic heterocycles. The molecular weight excluding hydrogens is 263 g/mol. The molecule has 1 amide bonds. The summed E-state index contributed by atoms with van der Waals surface area (Å²) >= 11 is 0. The molecule has 0 aliphatic carbocycles. The minimum atomic E-state index is -4.42. The Kier molecular flexibility index (Phi) is 5.02. The van der Waals surface area contributed by atoms with E-state index in [2.05, 4.69) is 0 Å². The van der Waals surface area contributed by atoms with Crippen molar-refractivity contribution in [1.82, 2.24) is 0 Å². The number of amides is 1. The number of carbonyl (C=O) groups excluding carboxylic acids is 1. The lowest BCUT2D eigenvalue weighted by atomic mass is 10.2.